The molecule has 2 saturated carbocycles. The molecule has 0 atom stereocenters. The van der Waals surface area contributed by atoms with E-state index in [1.807, 2.05) is 11.8 Å². The van der Waals surface area contributed by atoms with Gasteiger partial charge in [-0.15, -0.1) is 11.8 Å². The van der Waals surface area contributed by atoms with Crippen molar-refractivity contribution in [3.8, 4) is 0 Å². The first-order valence-corrected chi connectivity index (χ1v) is 8.95. The second-order valence-corrected chi connectivity index (χ2v) is 7.37. The third-order valence-electron chi connectivity index (χ3n) is 4.18. The van der Waals surface area contributed by atoms with Crippen molar-refractivity contribution in [2.75, 3.05) is 11.9 Å². The molecule has 0 bridgehead atoms. The fourth-order valence-electron chi connectivity index (χ4n) is 2.73. The fourth-order valence-corrected chi connectivity index (χ4v) is 4.04. The van der Waals surface area contributed by atoms with Crippen molar-refractivity contribution in [2.24, 2.45) is 0 Å². The zero-order valence-corrected chi connectivity index (χ0v) is 13.4. The van der Waals surface area contributed by atoms with E-state index >= 15 is 0 Å². The van der Waals surface area contributed by atoms with E-state index in [4.69, 9.17) is 9.97 Å². The van der Waals surface area contributed by atoms with Crippen molar-refractivity contribution in [1.82, 2.24) is 9.97 Å². The van der Waals surface area contributed by atoms with Crippen molar-refractivity contribution in [3.05, 3.63) is 11.4 Å². The number of hydrogen-bond donors (Lipinski definition) is 1. The average molecular weight is 291 g/mol. The van der Waals surface area contributed by atoms with Gasteiger partial charge in [-0.2, -0.15) is 0 Å². The van der Waals surface area contributed by atoms with Gasteiger partial charge in [0, 0.05) is 23.3 Å². The van der Waals surface area contributed by atoms with Crippen LogP contribution >= 0.6 is 11.8 Å². The second-order valence-electron chi connectivity index (χ2n) is 6.09. The first-order chi connectivity index (χ1) is 9.78. The van der Waals surface area contributed by atoms with Gasteiger partial charge >= 0.3 is 0 Å². The number of hydrogen-bond acceptors (Lipinski definition) is 4. The standard InChI is InChI=1S/C16H25N3S/c1-3-10-17-14-11(2)16(20-13-6-4-5-7-13)19-15(18-14)12-8-9-12/h12-13H,3-10H2,1-2H3,(H,17,18,19). The molecule has 0 radical (unpaired) electrons. The van der Waals surface area contributed by atoms with E-state index < -0.39 is 0 Å². The number of anilines is 1. The summed E-state index contributed by atoms with van der Waals surface area (Å²) in [5.41, 5.74) is 1.25. The Bertz CT molecular complexity index is 465. The molecular weight excluding hydrogens is 266 g/mol. The number of rotatable bonds is 6. The normalized spacial score (nSPS) is 19.5. The molecule has 2 aliphatic rings. The molecular formula is C16H25N3S. The second kappa shape index (κ2) is 6.33. The van der Waals surface area contributed by atoms with Crippen molar-refractivity contribution < 1.29 is 0 Å². The Labute approximate surface area is 126 Å². The van der Waals surface area contributed by atoms with Crippen LogP contribution in [0, 0.1) is 6.92 Å². The highest BCUT2D eigenvalue weighted by molar-refractivity contribution is 7.99. The number of aromatic nitrogens is 2. The maximum atomic E-state index is 4.88. The van der Waals surface area contributed by atoms with Crippen LogP contribution in [0.1, 0.15) is 69.2 Å². The summed E-state index contributed by atoms with van der Waals surface area (Å²) in [6, 6.07) is 0. The lowest BCUT2D eigenvalue weighted by molar-refractivity contribution is 0.843. The van der Waals surface area contributed by atoms with E-state index in [2.05, 4.69) is 19.2 Å². The van der Waals surface area contributed by atoms with Crippen LogP contribution in [-0.2, 0) is 0 Å². The summed E-state index contributed by atoms with van der Waals surface area (Å²) in [5.74, 6) is 2.78. The smallest absolute Gasteiger partial charge is 0.135 e. The fraction of sp³-hybridized carbons (Fsp3) is 0.750. The summed E-state index contributed by atoms with van der Waals surface area (Å²) in [6.07, 6.45) is 9.15. The topological polar surface area (TPSA) is 37.8 Å². The molecule has 4 heteroatoms. The van der Waals surface area contributed by atoms with Gasteiger partial charge in [-0.3, -0.25) is 0 Å². The minimum Gasteiger partial charge on any atom is -0.370 e. The van der Waals surface area contributed by atoms with Crippen LogP contribution in [0.4, 0.5) is 5.82 Å². The summed E-state index contributed by atoms with van der Waals surface area (Å²) < 4.78 is 0. The Morgan fingerprint density at radius 1 is 1.15 bits per heavy atom. The molecule has 3 nitrogen and oxygen atoms in total. The van der Waals surface area contributed by atoms with E-state index in [-0.39, 0.29) is 0 Å². The van der Waals surface area contributed by atoms with E-state index in [1.54, 1.807) is 0 Å². The Hall–Kier alpha value is -0.770. The molecule has 1 aromatic rings. The molecule has 1 N–H and O–H groups in total. The summed E-state index contributed by atoms with van der Waals surface area (Å²) >= 11 is 1.99. The Morgan fingerprint density at radius 2 is 1.90 bits per heavy atom. The summed E-state index contributed by atoms with van der Waals surface area (Å²) in [5, 5.41) is 5.49. The molecule has 20 heavy (non-hydrogen) atoms. The lowest BCUT2D eigenvalue weighted by Gasteiger charge is -2.15. The van der Waals surface area contributed by atoms with E-state index in [1.165, 1.54) is 49.1 Å². The molecule has 0 aliphatic heterocycles. The quantitative estimate of drug-likeness (QED) is 0.782. The van der Waals surface area contributed by atoms with Crippen LogP contribution in [0.5, 0.6) is 0 Å². The van der Waals surface area contributed by atoms with Crippen molar-refractivity contribution >= 4 is 17.6 Å². The third-order valence-corrected chi connectivity index (χ3v) is 5.61. The summed E-state index contributed by atoms with van der Waals surface area (Å²) in [6.45, 7) is 5.36. The molecule has 0 unspecified atom stereocenters. The van der Waals surface area contributed by atoms with Gasteiger partial charge in [-0.25, -0.2) is 9.97 Å². The lowest BCUT2D eigenvalue weighted by atomic mass is 10.3. The maximum Gasteiger partial charge on any atom is 0.135 e. The largest absolute Gasteiger partial charge is 0.370 e. The molecule has 1 heterocycles. The van der Waals surface area contributed by atoms with Crippen LogP contribution in [0.3, 0.4) is 0 Å². The van der Waals surface area contributed by atoms with Crippen LogP contribution in [0.15, 0.2) is 5.03 Å². The zero-order valence-electron chi connectivity index (χ0n) is 12.6. The van der Waals surface area contributed by atoms with Crippen molar-refractivity contribution in [3.63, 3.8) is 0 Å². The van der Waals surface area contributed by atoms with Gasteiger partial charge < -0.3 is 5.32 Å². The van der Waals surface area contributed by atoms with Crippen LogP contribution in [-0.4, -0.2) is 21.8 Å². The van der Waals surface area contributed by atoms with Gasteiger partial charge in [0.1, 0.15) is 16.7 Å². The van der Waals surface area contributed by atoms with E-state index in [0.29, 0.717) is 5.92 Å². The van der Waals surface area contributed by atoms with Gasteiger partial charge in [0.05, 0.1) is 0 Å². The molecule has 0 saturated heterocycles. The summed E-state index contributed by atoms with van der Waals surface area (Å²) in [4.78, 5) is 9.65. The highest BCUT2D eigenvalue weighted by atomic mass is 32.2. The third kappa shape index (κ3) is 3.27. The predicted molar refractivity (Wildman–Crippen MR) is 85.6 cm³/mol. The zero-order chi connectivity index (χ0) is 13.9. The maximum absolute atomic E-state index is 4.88. The molecule has 2 aliphatic carbocycles. The van der Waals surface area contributed by atoms with E-state index in [9.17, 15) is 0 Å². The monoisotopic (exact) mass is 291 g/mol. The Morgan fingerprint density at radius 3 is 2.55 bits per heavy atom. The first-order valence-electron chi connectivity index (χ1n) is 8.07. The molecule has 0 amide bonds. The number of thioether (sulfide) groups is 1. The first kappa shape index (κ1) is 14.2. The van der Waals surface area contributed by atoms with Gasteiger partial charge in [-0.1, -0.05) is 19.8 Å². The van der Waals surface area contributed by atoms with Gasteiger partial charge in [-0.05, 0) is 39.0 Å². The van der Waals surface area contributed by atoms with Gasteiger partial charge in [0.2, 0.25) is 0 Å². The van der Waals surface area contributed by atoms with Crippen LogP contribution in [0.25, 0.3) is 0 Å². The number of nitrogens with zero attached hydrogens (tertiary/aromatic N) is 2. The molecule has 1 aromatic heterocycles. The Kier molecular flexibility index (Phi) is 4.49. The van der Waals surface area contributed by atoms with Gasteiger partial charge in [0.25, 0.3) is 0 Å². The SMILES string of the molecule is CCCNc1nc(C2CC2)nc(SC2CCCC2)c1C. The summed E-state index contributed by atoms with van der Waals surface area (Å²) in [7, 11) is 0. The van der Waals surface area contributed by atoms with Gasteiger partial charge in [0.15, 0.2) is 0 Å². The average Bonchev–Trinajstić information content (AvgIpc) is 3.18. The Balaban J connectivity index is 1.83. The van der Waals surface area contributed by atoms with Crippen molar-refractivity contribution in [2.45, 2.75) is 75.0 Å². The lowest BCUT2D eigenvalue weighted by Crippen LogP contribution is -2.09. The number of nitrogens with one attached hydrogen (secondary N) is 1. The molecule has 0 spiro atoms. The van der Waals surface area contributed by atoms with Crippen LogP contribution < -0.4 is 5.32 Å². The van der Waals surface area contributed by atoms with Crippen molar-refractivity contribution in [1.29, 1.82) is 0 Å². The predicted octanol–water partition coefficient (Wildman–Crippen LogP) is 4.52. The minimum atomic E-state index is 0.626. The molecule has 110 valence electrons. The molecule has 3 rings (SSSR count). The highest BCUT2D eigenvalue weighted by Gasteiger charge is 2.29. The molecule has 0 aromatic carbocycles. The highest BCUT2D eigenvalue weighted by Crippen LogP contribution is 2.41. The minimum absolute atomic E-state index is 0.626. The van der Waals surface area contributed by atoms with E-state index in [0.717, 1.165) is 29.9 Å². The van der Waals surface area contributed by atoms with Crippen LogP contribution in [0.2, 0.25) is 0 Å². The molecule has 2 fully saturated rings.